The molecule has 0 saturated heterocycles. The summed E-state index contributed by atoms with van der Waals surface area (Å²) in [5, 5.41) is 1.95. The number of nitrogens with one attached hydrogen (secondary N) is 1. The zero-order valence-corrected chi connectivity index (χ0v) is 14.7. The average Bonchev–Trinajstić information content (AvgIpc) is 3.11. The minimum Gasteiger partial charge on any atom is -0.322 e. The molecule has 0 saturated carbocycles. The van der Waals surface area contributed by atoms with Crippen molar-refractivity contribution < 1.29 is 4.79 Å². The van der Waals surface area contributed by atoms with Crippen LogP contribution in [0.4, 0.5) is 11.5 Å². The Bertz CT molecular complexity index is 1000. The highest BCUT2D eigenvalue weighted by Crippen LogP contribution is 2.28. The van der Waals surface area contributed by atoms with Crippen LogP contribution in [0.25, 0.3) is 0 Å². The molecule has 0 radical (unpaired) electrons. The van der Waals surface area contributed by atoms with Crippen LogP contribution in [-0.2, 0) is 13.6 Å². The van der Waals surface area contributed by atoms with Gasteiger partial charge in [-0.25, -0.2) is 4.79 Å². The first-order valence-electron chi connectivity index (χ1n) is 7.66. The third-order valence-corrected chi connectivity index (χ3v) is 4.81. The van der Waals surface area contributed by atoms with Crippen LogP contribution in [0, 0.1) is 6.92 Å². The number of benzene rings is 1. The Morgan fingerprint density at radius 2 is 1.92 bits per heavy atom. The summed E-state index contributed by atoms with van der Waals surface area (Å²) in [7, 11) is 1.34. The minimum atomic E-state index is -0.614. The molecule has 3 aromatic rings. The molecule has 2 aromatic heterocycles. The molecule has 0 spiro atoms. The maximum absolute atomic E-state index is 12.3. The van der Waals surface area contributed by atoms with Gasteiger partial charge in [-0.2, -0.15) is 0 Å². The van der Waals surface area contributed by atoms with E-state index in [2.05, 4.69) is 4.98 Å². The number of carbonyl (C=O) groups excluding carboxylic acids is 1. The maximum Gasteiger partial charge on any atom is 0.329 e. The van der Waals surface area contributed by atoms with Crippen molar-refractivity contribution in [1.29, 1.82) is 0 Å². The molecule has 0 aliphatic rings. The van der Waals surface area contributed by atoms with Gasteiger partial charge in [0.25, 0.3) is 5.56 Å². The van der Waals surface area contributed by atoms with E-state index in [1.807, 2.05) is 48.7 Å². The number of nitrogens with zero attached hydrogens (tertiary/aromatic N) is 2. The average molecular weight is 355 g/mol. The lowest BCUT2D eigenvalue weighted by Crippen LogP contribution is -2.37. The fourth-order valence-electron chi connectivity index (χ4n) is 2.53. The van der Waals surface area contributed by atoms with Gasteiger partial charge in [-0.1, -0.05) is 23.8 Å². The number of aryl methyl sites for hydroxylation is 1. The lowest BCUT2D eigenvalue weighted by atomic mass is 10.2. The van der Waals surface area contributed by atoms with Crippen molar-refractivity contribution in [3.05, 3.63) is 78.6 Å². The molecule has 0 unspecified atom stereocenters. The van der Waals surface area contributed by atoms with Crippen LogP contribution in [0.3, 0.4) is 0 Å². The Kier molecular flexibility index (Phi) is 4.67. The molecular weight excluding hydrogens is 338 g/mol. The van der Waals surface area contributed by atoms with E-state index in [0.717, 1.165) is 20.7 Å². The summed E-state index contributed by atoms with van der Waals surface area (Å²) in [6.45, 7) is 2.41. The molecule has 0 bridgehead atoms. The fraction of sp³-hybridized carbons (Fsp3) is 0.167. The van der Waals surface area contributed by atoms with Gasteiger partial charge in [-0.15, -0.1) is 11.3 Å². The van der Waals surface area contributed by atoms with Crippen LogP contribution in [0.15, 0.2) is 51.4 Å². The Balaban J connectivity index is 2.21. The summed E-state index contributed by atoms with van der Waals surface area (Å²) in [6, 6.07) is 11.6. The Morgan fingerprint density at radius 3 is 2.52 bits per heavy atom. The second kappa shape index (κ2) is 6.90. The summed E-state index contributed by atoms with van der Waals surface area (Å²) in [5.41, 5.74) is 0.629. The van der Waals surface area contributed by atoms with E-state index in [0.29, 0.717) is 12.8 Å². The molecule has 0 aliphatic carbocycles. The van der Waals surface area contributed by atoms with Crippen LogP contribution in [0.2, 0.25) is 0 Å². The third kappa shape index (κ3) is 3.32. The van der Waals surface area contributed by atoms with E-state index < -0.39 is 11.2 Å². The van der Waals surface area contributed by atoms with Crippen LogP contribution in [-0.4, -0.2) is 15.8 Å². The minimum absolute atomic E-state index is 0.0702. The molecule has 1 aromatic carbocycles. The van der Waals surface area contributed by atoms with E-state index >= 15 is 0 Å². The molecule has 0 amide bonds. The van der Waals surface area contributed by atoms with Crippen molar-refractivity contribution >= 4 is 29.1 Å². The molecule has 0 aliphatic heterocycles. The summed E-state index contributed by atoms with van der Waals surface area (Å²) in [6.07, 6.45) is 0.489. The summed E-state index contributed by atoms with van der Waals surface area (Å²) in [5.74, 6) is 0.209. The number of H-pyrrole nitrogens is 1. The number of aromatic nitrogens is 2. The number of hydrogen-bond acceptors (Lipinski definition) is 5. The van der Waals surface area contributed by atoms with Crippen molar-refractivity contribution in [3.63, 3.8) is 0 Å². The number of anilines is 2. The molecule has 3 rings (SSSR count). The molecule has 7 heteroatoms. The van der Waals surface area contributed by atoms with Gasteiger partial charge in [0.2, 0.25) is 0 Å². The standard InChI is InChI=1S/C18H17N3O3S/c1-12-5-7-13(8-6-12)21(10-14-4-3-9-25-14)16-15(11-22)17(23)20(2)18(24)19-16/h3-9,11H,10H2,1-2H3,(H,19,24). The van der Waals surface area contributed by atoms with E-state index in [1.54, 1.807) is 16.2 Å². The second-order valence-electron chi connectivity index (χ2n) is 5.68. The largest absolute Gasteiger partial charge is 0.329 e. The first-order valence-corrected chi connectivity index (χ1v) is 8.54. The second-order valence-corrected chi connectivity index (χ2v) is 6.71. The predicted molar refractivity (Wildman–Crippen MR) is 99.0 cm³/mol. The maximum atomic E-state index is 12.3. The first kappa shape index (κ1) is 16.9. The number of thiophene rings is 1. The van der Waals surface area contributed by atoms with Crippen molar-refractivity contribution in [2.45, 2.75) is 13.5 Å². The Labute approximate surface area is 148 Å². The van der Waals surface area contributed by atoms with Crippen molar-refractivity contribution in [1.82, 2.24) is 9.55 Å². The fourth-order valence-corrected chi connectivity index (χ4v) is 3.22. The molecule has 128 valence electrons. The third-order valence-electron chi connectivity index (χ3n) is 3.95. The molecule has 2 heterocycles. The molecular formula is C18H17N3O3S. The van der Waals surface area contributed by atoms with Crippen LogP contribution in [0.1, 0.15) is 20.8 Å². The highest BCUT2D eigenvalue weighted by atomic mass is 32.1. The predicted octanol–water partition coefficient (Wildman–Crippen LogP) is 2.59. The van der Waals surface area contributed by atoms with Gasteiger partial charge in [0, 0.05) is 17.6 Å². The monoisotopic (exact) mass is 355 g/mol. The number of hydrogen-bond donors (Lipinski definition) is 1. The molecule has 0 atom stereocenters. The number of aldehydes is 1. The normalized spacial score (nSPS) is 10.6. The number of carbonyl (C=O) groups is 1. The first-order chi connectivity index (χ1) is 12.0. The van der Waals surface area contributed by atoms with Crippen molar-refractivity contribution in [3.8, 4) is 0 Å². The lowest BCUT2D eigenvalue weighted by molar-refractivity contribution is 0.112. The van der Waals surface area contributed by atoms with Gasteiger partial charge in [-0.3, -0.25) is 19.1 Å². The van der Waals surface area contributed by atoms with E-state index in [4.69, 9.17) is 0 Å². The Morgan fingerprint density at radius 1 is 1.20 bits per heavy atom. The quantitative estimate of drug-likeness (QED) is 0.714. The number of rotatable bonds is 5. The van der Waals surface area contributed by atoms with E-state index in [9.17, 15) is 14.4 Å². The van der Waals surface area contributed by atoms with Crippen LogP contribution >= 0.6 is 11.3 Å². The topological polar surface area (TPSA) is 75.2 Å². The van der Waals surface area contributed by atoms with Crippen LogP contribution < -0.4 is 16.1 Å². The van der Waals surface area contributed by atoms with Crippen LogP contribution in [0.5, 0.6) is 0 Å². The van der Waals surface area contributed by atoms with Crippen molar-refractivity contribution in [2.24, 2.45) is 7.05 Å². The lowest BCUT2D eigenvalue weighted by Gasteiger charge is -2.25. The van der Waals surface area contributed by atoms with Gasteiger partial charge < -0.3 is 4.90 Å². The van der Waals surface area contributed by atoms with E-state index in [-0.39, 0.29) is 11.4 Å². The summed E-state index contributed by atoms with van der Waals surface area (Å²) >= 11 is 1.56. The van der Waals surface area contributed by atoms with Gasteiger partial charge in [0.05, 0.1) is 6.54 Å². The summed E-state index contributed by atoms with van der Waals surface area (Å²) in [4.78, 5) is 41.4. The van der Waals surface area contributed by atoms with Gasteiger partial charge in [-0.05, 0) is 30.5 Å². The number of aromatic amines is 1. The molecule has 0 fully saturated rings. The summed E-state index contributed by atoms with van der Waals surface area (Å²) < 4.78 is 0.895. The molecule has 1 N–H and O–H groups in total. The Hall–Kier alpha value is -2.93. The van der Waals surface area contributed by atoms with Crippen molar-refractivity contribution in [2.75, 3.05) is 4.90 Å². The zero-order valence-electron chi connectivity index (χ0n) is 13.9. The van der Waals surface area contributed by atoms with Gasteiger partial charge >= 0.3 is 5.69 Å². The molecule has 6 nitrogen and oxygen atoms in total. The highest BCUT2D eigenvalue weighted by molar-refractivity contribution is 7.09. The zero-order chi connectivity index (χ0) is 18.0. The smallest absolute Gasteiger partial charge is 0.322 e. The molecule has 25 heavy (non-hydrogen) atoms. The SMILES string of the molecule is Cc1ccc(N(Cc2cccs2)c2[nH]c(=O)n(C)c(=O)c2C=O)cc1. The highest BCUT2D eigenvalue weighted by Gasteiger charge is 2.19. The van der Waals surface area contributed by atoms with Gasteiger partial charge in [0.1, 0.15) is 11.4 Å². The van der Waals surface area contributed by atoms with E-state index in [1.165, 1.54) is 7.05 Å². The van der Waals surface area contributed by atoms with Gasteiger partial charge in [0.15, 0.2) is 6.29 Å².